The lowest BCUT2D eigenvalue weighted by Gasteiger charge is -2.11. The van der Waals surface area contributed by atoms with Crippen LogP contribution in [0.25, 0.3) is 22.6 Å². The summed E-state index contributed by atoms with van der Waals surface area (Å²) < 4.78 is 0. The summed E-state index contributed by atoms with van der Waals surface area (Å²) in [6, 6.07) is 14.6. The lowest BCUT2D eigenvalue weighted by atomic mass is 10.1. The van der Waals surface area contributed by atoms with Crippen molar-refractivity contribution in [3.8, 4) is 28.7 Å². The number of nitrogens with zero attached hydrogens (tertiary/aromatic N) is 5. The molecule has 34 heavy (non-hydrogen) atoms. The van der Waals surface area contributed by atoms with E-state index in [1.807, 2.05) is 0 Å². The Balaban J connectivity index is 1.45. The van der Waals surface area contributed by atoms with Crippen LogP contribution in [0.1, 0.15) is 15.9 Å². The molecule has 11 nitrogen and oxygen atoms in total. The van der Waals surface area contributed by atoms with E-state index in [1.54, 1.807) is 42.9 Å². The first-order chi connectivity index (χ1) is 16.5. The molecule has 11 heteroatoms. The Kier molecular flexibility index (Phi) is 6.50. The van der Waals surface area contributed by atoms with Gasteiger partial charge in [-0.05, 0) is 18.2 Å². The first-order valence-electron chi connectivity index (χ1n) is 10.2. The highest BCUT2D eigenvalue weighted by molar-refractivity contribution is 5.94. The fourth-order valence-electron chi connectivity index (χ4n) is 3.19. The summed E-state index contributed by atoms with van der Waals surface area (Å²) >= 11 is 0. The lowest BCUT2D eigenvalue weighted by molar-refractivity contribution is -0.384. The molecule has 0 aliphatic rings. The average Bonchev–Trinajstić information content (AvgIpc) is 3.41. The van der Waals surface area contributed by atoms with Crippen LogP contribution in [0.5, 0.6) is 0 Å². The fraction of sp³-hybridized carbons (Fsp3) is 0.0870. The van der Waals surface area contributed by atoms with Gasteiger partial charge < -0.3 is 15.6 Å². The van der Waals surface area contributed by atoms with Gasteiger partial charge in [0, 0.05) is 54.9 Å². The summed E-state index contributed by atoms with van der Waals surface area (Å²) in [7, 11) is 0. The number of nitro benzene ring substituents is 1. The van der Waals surface area contributed by atoms with Gasteiger partial charge in [0.25, 0.3) is 11.6 Å². The molecule has 0 saturated heterocycles. The molecule has 1 amide bonds. The first-order valence-corrected chi connectivity index (χ1v) is 10.2. The number of benzene rings is 2. The molecule has 0 saturated carbocycles. The van der Waals surface area contributed by atoms with Crippen molar-refractivity contribution >= 4 is 17.5 Å². The number of carbonyl (C=O) groups is 1. The standard InChI is InChI=1S/C23H18N8O3/c24-13-15-4-6-16(7-5-15)20-19(21-25-8-9-26-21)14-29-23(30-20)28-11-10-27-22(32)17-2-1-3-18(12-17)31(33)34/h1-9,12,14H,10-11H2,(H,25,26)(H,27,32)(H,28,29,30). The van der Waals surface area contributed by atoms with Gasteiger partial charge in [-0.3, -0.25) is 14.9 Å². The molecular weight excluding hydrogens is 436 g/mol. The maximum Gasteiger partial charge on any atom is 0.270 e. The van der Waals surface area contributed by atoms with Crippen LogP contribution in [0.2, 0.25) is 0 Å². The molecule has 4 rings (SSSR count). The van der Waals surface area contributed by atoms with Gasteiger partial charge in [0.15, 0.2) is 0 Å². The number of aromatic amines is 1. The predicted molar refractivity (Wildman–Crippen MR) is 124 cm³/mol. The van der Waals surface area contributed by atoms with Crippen molar-refractivity contribution in [2.24, 2.45) is 0 Å². The SMILES string of the molecule is N#Cc1ccc(-c2nc(NCCNC(=O)c3cccc([N+](=O)[O-])c3)ncc2-c2ncc[nH]2)cc1. The van der Waals surface area contributed by atoms with Crippen LogP contribution in [0, 0.1) is 21.4 Å². The minimum atomic E-state index is -0.548. The number of amides is 1. The van der Waals surface area contributed by atoms with Gasteiger partial charge in [-0.2, -0.15) is 5.26 Å². The van der Waals surface area contributed by atoms with Crippen LogP contribution >= 0.6 is 0 Å². The van der Waals surface area contributed by atoms with Gasteiger partial charge in [0.2, 0.25) is 5.95 Å². The van der Waals surface area contributed by atoms with Gasteiger partial charge in [0.05, 0.1) is 27.8 Å². The number of nitrogens with one attached hydrogen (secondary N) is 3. The summed E-state index contributed by atoms with van der Waals surface area (Å²) in [5, 5.41) is 25.7. The number of rotatable bonds is 8. The number of imidazole rings is 1. The molecule has 0 radical (unpaired) electrons. The van der Waals surface area contributed by atoms with Gasteiger partial charge in [-0.25, -0.2) is 15.0 Å². The van der Waals surface area contributed by atoms with Gasteiger partial charge in [0.1, 0.15) is 5.82 Å². The van der Waals surface area contributed by atoms with Crippen molar-refractivity contribution in [3.63, 3.8) is 0 Å². The Morgan fingerprint density at radius 1 is 1.15 bits per heavy atom. The van der Waals surface area contributed by atoms with Crippen molar-refractivity contribution in [3.05, 3.63) is 88.4 Å². The predicted octanol–water partition coefficient (Wildman–Crippen LogP) is 3.16. The summed E-state index contributed by atoms with van der Waals surface area (Å²) in [5.41, 5.74) is 2.70. The highest BCUT2D eigenvalue weighted by Gasteiger charge is 2.14. The number of anilines is 1. The van der Waals surface area contributed by atoms with Gasteiger partial charge >= 0.3 is 0 Å². The van der Waals surface area contributed by atoms with E-state index in [-0.39, 0.29) is 17.8 Å². The molecule has 0 aliphatic carbocycles. The Bertz CT molecular complexity index is 1360. The first kappa shape index (κ1) is 22.1. The molecule has 2 aromatic heterocycles. The molecule has 0 atom stereocenters. The Morgan fingerprint density at radius 3 is 2.68 bits per heavy atom. The quantitative estimate of drug-likeness (QED) is 0.208. The number of hydrogen-bond donors (Lipinski definition) is 3. The van der Waals surface area contributed by atoms with Crippen molar-refractivity contribution in [2.75, 3.05) is 18.4 Å². The second-order valence-corrected chi connectivity index (χ2v) is 7.07. The zero-order chi connectivity index (χ0) is 23.9. The minimum absolute atomic E-state index is 0.147. The molecule has 0 aliphatic heterocycles. The molecule has 2 heterocycles. The maximum absolute atomic E-state index is 12.3. The van der Waals surface area contributed by atoms with Crippen LogP contribution in [0.15, 0.2) is 67.1 Å². The van der Waals surface area contributed by atoms with E-state index in [0.29, 0.717) is 35.1 Å². The number of hydrogen-bond acceptors (Lipinski definition) is 8. The molecule has 4 aromatic rings. The zero-order valence-corrected chi connectivity index (χ0v) is 17.7. The van der Waals surface area contributed by atoms with E-state index in [9.17, 15) is 14.9 Å². The van der Waals surface area contributed by atoms with E-state index in [0.717, 1.165) is 5.56 Å². The lowest BCUT2D eigenvalue weighted by Crippen LogP contribution is -2.29. The Labute approximate surface area is 193 Å². The zero-order valence-electron chi connectivity index (χ0n) is 17.7. The van der Waals surface area contributed by atoms with Gasteiger partial charge in [-0.15, -0.1) is 0 Å². The molecule has 168 valence electrons. The molecule has 0 spiro atoms. The second kappa shape index (κ2) is 10.0. The highest BCUT2D eigenvalue weighted by atomic mass is 16.6. The van der Waals surface area contributed by atoms with E-state index in [2.05, 4.69) is 36.6 Å². The van der Waals surface area contributed by atoms with Crippen molar-refractivity contribution in [2.45, 2.75) is 0 Å². The highest BCUT2D eigenvalue weighted by Crippen LogP contribution is 2.29. The van der Waals surface area contributed by atoms with Crippen LogP contribution < -0.4 is 10.6 Å². The van der Waals surface area contributed by atoms with Crippen molar-refractivity contribution in [1.82, 2.24) is 25.3 Å². The third-order valence-corrected chi connectivity index (χ3v) is 4.84. The molecule has 3 N–H and O–H groups in total. The van der Waals surface area contributed by atoms with E-state index < -0.39 is 10.8 Å². The summed E-state index contributed by atoms with van der Waals surface area (Å²) in [5.74, 6) is 0.534. The smallest absolute Gasteiger partial charge is 0.270 e. The Morgan fingerprint density at radius 2 is 1.97 bits per heavy atom. The van der Waals surface area contributed by atoms with Crippen LogP contribution in [-0.2, 0) is 0 Å². The number of carbonyl (C=O) groups excluding carboxylic acids is 1. The maximum atomic E-state index is 12.3. The third kappa shape index (κ3) is 5.03. The van der Waals surface area contributed by atoms with E-state index >= 15 is 0 Å². The normalized spacial score (nSPS) is 10.3. The van der Waals surface area contributed by atoms with Crippen LogP contribution in [-0.4, -0.2) is 43.9 Å². The third-order valence-electron chi connectivity index (χ3n) is 4.84. The molecular formula is C23H18N8O3. The fourth-order valence-corrected chi connectivity index (χ4v) is 3.19. The summed E-state index contributed by atoms with van der Waals surface area (Å²) in [6.07, 6.45) is 4.98. The average molecular weight is 454 g/mol. The Hall–Kier alpha value is -5.11. The van der Waals surface area contributed by atoms with Crippen LogP contribution in [0.4, 0.5) is 11.6 Å². The topological polar surface area (TPSA) is 163 Å². The molecule has 0 bridgehead atoms. The van der Waals surface area contributed by atoms with Gasteiger partial charge in [-0.1, -0.05) is 18.2 Å². The number of non-ortho nitro benzene ring substituents is 1. The number of nitro groups is 1. The minimum Gasteiger partial charge on any atom is -0.352 e. The van der Waals surface area contributed by atoms with Crippen molar-refractivity contribution < 1.29 is 9.72 Å². The number of aromatic nitrogens is 4. The summed E-state index contributed by atoms with van der Waals surface area (Å²) in [4.78, 5) is 38.9. The van der Waals surface area contributed by atoms with E-state index in [1.165, 1.54) is 24.3 Å². The molecule has 0 unspecified atom stereocenters. The largest absolute Gasteiger partial charge is 0.352 e. The molecule has 2 aromatic carbocycles. The van der Waals surface area contributed by atoms with E-state index in [4.69, 9.17) is 5.26 Å². The molecule has 0 fully saturated rings. The summed E-state index contributed by atoms with van der Waals surface area (Å²) in [6.45, 7) is 0.574. The number of H-pyrrole nitrogens is 1. The van der Waals surface area contributed by atoms with Crippen molar-refractivity contribution in [1.29, 1.82) is 5.26 Å². The number of nitriles is 1. The monoisotopic (exact) mass is 454 g/mol. The second-order valence-electron chi connectivity index (χ2n) is 7.07. The van der Waals surface area contributed by atoms with Crippen LogP contribution in [0.3, 0.4) is 0 Å².